The van der Waals surface area contributed by atoms with Gasteiger partial charge >= 0.3 is 0 Å². The molecule has 1 atom stereocenters. The van der Waals surface area contributed by atoms with Gasteiger partial charge in [0.05, 0.1) is 6.61 Å². The molecule has 2 aromatic rings. The molecule has 0 bridgehead atoms. The number of hydrogen-bond acceptors (Lipinski definition) is 5. The molecule has 0 aliphatic rings. The minimum Gasteiger partial charge on any atom is -0.383 e. The summed E-state index contributed by atoms with van der Waals surface area (Å²) in [4.78, 5) is 15.6. The zero-order valence-electron chi connectivity index (χ0n) is 11.2. The van der Waals surface area contributed by atoms with Gasteiger partial charge < -0.3 is 14.6 Å². The molecule has 7 nitrogen and oxygen atoms in total. The Morgan fingerprint density at radius 3 is 3.00 bits per heavy atom. The number of nitrogens with one attached hydrogen (secondary N) is 2. The van der Waals surface area contributed by atoms with E-state index in [0.717, 1.165) is 5.56 Å². The van der Waals surface area contributed by atoms with Gasteiger partial charge in [0.25, 0.3) is 0 Å². The molecule has 19 heavy (non-hydrogen) atoms. The predicted molar refractivity (Wildman–Crippen MR) is 72.0 cm³/mol. The summed E-state index contributed by atoms with van der Waals surface area (Å²) in [5.41, 5.74) is 0.748. The average molecular weight is 263 g/mol. The van der Waals surface area contributed by atoms with Crippen LogP contribution in [0.4, 0.5) is 5.95 Å². The van der Waals surface area contributed by atoms with E-state index < -0.39 is 0 Å². The Bertz CT molecular complexity index is 604. The molecule has 0 fully saturated rings. The van der Waals surface area contributed by atoms with Gasteiger partial charge in [-0.2, -0.15) is 4.98 Å². The predicted octanol–water partition coefficient (Wildman–Crippen LogP) is 0.617. The molecule has 0 saturated heterocycles. The summed E-state index contributed by atoms with van der Waals surface area (Å²) < 4.78 is 6.53. The van der Waals surface area contributed by atoms with Gasteiger partial charge in [0, 0.05) is 38.0 Å². The maximum atomic E-state index is 11.3. The van der Waals surface area contributed by atoms with Crippen molar-refractivity contribution in [1.82, 2.24) is 19.7 Å². The minimum absolute atomic E-state index is 0.0599. The van der Waals surface area contributed by atoms with Crippen LogP contribution in [0.1, 0.15) is 6.92 Å². The average Bonchev–Trinajstić information content (AvgIpc) is 2.81. The Labute approximate surface area is 110 Å². The van der Waals surface area contributed by atoms with E-state index in [1.54, 1.807) is 26.4 Å². The maximum absolute atomic E-state index is 11.3. The molecule has 1 unspecified atom stereocenters. The summed E-state index contributed by atoms with van der Waals surface area (Å²) in [6, 6.07) is 3.33. The van der Waals surface area contributed by atoms with Crippen molar-refractivity contribution in [2.45, 2.75) is 13.0 Å². The SMILES string of the molecule is COCC(C)Nc1n[nH]c(-c2ccc(=O)n(C)c2)n1. The second-order valence-electron chi connectivity index (χ2n) is 4.38. The molecular weight excluding hydrogens is 246 g/mol. The first-order valence-corrected chi connectivity index (χ1v) is 5.95. The van der Waals surface area contributed by atoms with Crippen LogP contribution < -0.4 is 10.9 Å². The van der Waals surface area contributed by atoms with Gasteiger partial charge in [-0.25, -0.2) is 0 Å². The molecule has 0 aromatic carbocycles. The largest absolute Gasteiger partial charge is 0.383 e. The lowest BCUT2D eigenvalue weighted by Crippen LogP contribution is -2.21. The van der Waals surface area contributed by atoms with Crippen LogP contribution in [0.5, 0.6) is 0 Å². The first kappa shape index (κ1) is 13.3. The van der Waals surface area contributed by atoms with Gasteiger partial charge in [0.1, 0.15) is 0 Å². The maximum Gasteiger partial charge on any atom is 0.250 e. The molecular formula is C12H17N5O2. The van der Waals surface area contributed by atoms with E-state index in [1.807, 2.05) is 6.92 Å². The number of H-pyrrole nitrogens is 1. The molecule has 0 spiro atoms. The summed E-state index contributed by atoms with van der Waals surface area (Å²) in [6.07, 6.45) is 1.71. The van der Waals surface area contributed by atoms with Gasteiger partial charge in [-0.05, 0) is 13.0 Å². The van der Waals surface area contributed by atoms with Crippen LogP contribution in [0.15, 0.2) is 23.1 Å². The highest BCUT2D eigenvalue weighted by molar-refractivity contribution is 5.54. The van der Waals surface area contributed by atoms with E-state index >= 15 is 0 Å². The molecule has 2 aromatic heterocycles. The van der Waals surface area contributed by atoms with Crippen molar-refractivity contribution in [3.05, 3.63) is 28.7 Å². The Balaban J connectivity index is 2.16. The van der Waals surface area contributed by atoms with Crippen LogP contribution in [-0.2, 0) is 11.8 Å². The topological polar surface area (TPSA) is 84.8 Å². The monoisotopic (exact) mass is 263 g/mol. The number of methoxy groups -OCH3 is 1. The molecule has 0 amide bonds. The standard InChI is InChI=1S/C12H17N5O2/c1-8(7-19-3)13-12-14-11(15-16-12)9-4-5-10(18)17(2)6-9/h4-6,8H,7H2,1-3H3,(H2,13,14,15,16). The van der Waals surface area contributed by atoms with Crippen LogP contribution >= 0.6 is 0 Å². The summed E-state index contributed by atoms with van der Waals surface area (Å²) in [7, 11) is 3.34. The normalized spacial score (nSPS) is 12.4. The number of hydrogen-bond donors (Lipinski definition) is 2. The highest BCUT2D eigenvalue weighted by Crippen LogP contribution is 2.14. The summed E-state index contributed by atoms with van der Waals surface area (Å²) in [6.45, 7) is 2.55. The lowest BCUT2D eigenvalue weighted by atomic mass is 10.3. The molecule has 0 aliphatic heterocycles. The Hall–Kier alpha value is -2.15. The Morgan fingerprint density at radius 2 is 2.32 bits per heavy atom. The van der Waals surface area contributed by atoms with E-state index in [4.69, 9.17) is 4.74 Å². The smallest absolute Gasteiger partial charge is 0.250 e. The first-order valence-electron chi connectivity index (χ1n) is 5.95. The fourth-order valence-corrected chi connectivity index (χ4v) is 1.70. The van der Waals surface area contributed by atoms with Gasteiger partial charge in [-0.1, -0.05) is 0 Å². The second kappa shape index (κ2) is 5.66. The molecule has 102 valence electrons. The van der Waals surface area contributed by atoms with E-state index in [1.165, 1.54) is 10.6 Å². The summed E-state index contributed by atoms with van der Waals surface area (Å²) >= 11 is 0. The molecule has 2 N–H and O–H groups in total. The minimum atomic E-state index is -0.0599. The lowest BCUT2D eigenvalue weighted by molar-refractivity contribution is 0.190. The molecule has 0 saturated carbocycles. The van der Waals surface area contributed by atoms with Crippen molar-refractivity contribution in [1.29, 1.82) is 0 Å². The van der Waals surface area contributed by atoms with Crippen LogP contribution in [0.3, 0.4) is 0 Å². The van der Waals surface area contributed by atoms with Crippen LogP contribution in [0.2, 0.25) is 0 Å². The molecule has 0 aliphatic carbocycles. The number of aryl methyl sites for hydroxylation is 1. The Morgan fingerprint density at radius 1 is 1.53 bits per heavy atom. The fraction of sp³-hybridized carbons (Fsp3) is 0.417. The van der Waals surface area contributed by atoms with Crippen LogP contribution in [0.25, 0.3) is 11.4 Å². The third-order valence-corrected chi connectivity index (χ3v) is 2.64. The van der Waals surface area contributed by atoms with Gasteiger partial charge in [0.15, 0.2) is 5.82 Å². The lowest BCUT2D eigenvalue weighted by Gasteiger charge is -2.09. The number of pyridine rings is 1. The number of aromatic nitrogens is 4. The zero-order chi connectivity index (χ0) is 13.8. The first-order chi connectivity index (χ1) is 9.10. The van der Waals surface area contributed by atoms with Gasteiger partial charge in [-0.3, -0.25) is 9.89 Å². The summed E-state index contributed by atoms with van der Waals surface area (Å²) in [5, 5.41) is 10.0. The van der Waals surface area contributed by atoms with Crippen molar-refractivity contribution in [2.75, 3.05) is 19.0 Å². The van der Waals surface area contributed by atoms with E-state index in [-0.39, 0.29) is 11.6 Å². The van der Waals surface area contributed by atoms with Crippen LogP contribution in [-0.4, -0.2) is 39.5 Å². The van der Waals surface area contributed by atoms with E-state index in [9.17, 15) is 4.79 Å². The zero-order valence-corrected chi connectivity index (χ0v) is 11.2. The number of rotatable bonds is 5. The fourth-order valence-electron chi connectivity index (χ4n) is 1.70. The molecule has 2 heterocycles. The third kappa shape index (κ3) is 3.19. The van der Waals surface area contributed by atoms with Crippen molar-refractivity contribution < 1.29 is 4.74 Å². The van der Waals surface area contributed by atoms with E-state index in [0.29, 0.717) is 18.4 Å². The van der Waals surface area contributed by atoms with Crippen molar-refractivity contribution in [3.63, 3.8) is 0 Å². The molecule has 0 radical (unpaired) electrons. The number of aromatic amines is 1. The van der Waals surface area contributed by atoms with Crippen LogP contribution in [0, 0.1) is 0 Å². The van der Waals surface area contributed by atoms with Gasteiger partial charge in [0.2, 0.25) is 11.5 Å². The molecule has 7 heteroatoms. The van der Waals surface area contributed by atoms with E-state index in [2.05, 4.69) is 20.5 Å². The molecule has 2 rings (SSSR count). The van der Waals surface area contributed by atoms with Gasteiger partial charge in [-0.15, -0.1) is 5.10 Å². The number of anilines is 1. The highest BCUT2D eigenvalue weighted by Gasteiger charge is 2.08. The Kier molecular flexibility index (Phi) is 3.96. The summed E-state index contributed by atoms with van der Waals surface area (Å²) in [5.74, 6) is 1.12. The third-order valence-electron chi connectivity index (χ3n) is 2.64. The number of nitrogens with zero attached hydrogens (tertiary/aromatic N) is 3. The van der Waals surface area contributed by atoms with Crippen molar-refractivity contribution in [2.24, 2.45) is 7.05 Å². The van der Waals surface area contributed by atoms with Crippen molar-refractivity contribution in [3.8, 4) is 11.4 Å². The number of ether oxygens (including phenoxy) is 1. The van der Waals surface area contributed by atoms with Crippen molar-refractivity contribution >= 4 is 5.95 Å². The highest BCUT2D eigenvalue weighted by atomic mass is 16.5. The quantitative estimate of drug-likeness (QED) is 0.826. The second-order valence-corrected chi connectivity index (χ2v) is 4.38.